The molecule has 136 valence electrons. The van der Waals surface area contributed by atoms with E-state index in [1.165, 1.54) is 21.0 Å². The maximum absolute atomic E-state index is 12.0. The Morgan fingerprint density at radius 1 is 1.29 bits per heavy atom. The van der Waals surface area contributed by atoms with E-state index in [-0.39, 0.29) is 18.9 Å². The molecule has 24 heavy (non-hydrogen) atoms. The van der Waals surface area contributed by atoms with Crippen molar-refractivity contribution in [1.82, 2.24) is 5.32 Å². The number of methoxy groups -OCH3 is 1. The van der Waals surface area contributed by atoms with Crippen molar-refractivity contribution in [2.24, 2.45) is 5.41 Å². The van der Waals surface area contributed by atoms with Crippen LogP contribution in [0.2, 0.25) is 0 Å². The van der Waals surface area contributed by atoms with Gasteiger partial charge >= 0.3 is 0 Å². The third-order valence-electron chi connectivity index (χ3n) is 3.43. The Kier molecular flexibility index (Phi) is 7.00. The van der Waals surface area contributed by atoms with Gasteiger partial charge < -0.3 is 20.3 Å². The molecule has 1 atom stereocenters. The summed E-state index contributed by atoms with van der Waals surface area (Å²) in [5.74, 6) is -0.476. The Bertz CT molecular complexity index is 642. The van der Waals surface area contributed by atoms with Gasteiger partial charge in [0.25, 0.3) is 0 Å². The predicted molar refractivity (Wildman–Crippen MR) is 90.3 cm³/mol. The minimum absolute atomic E-state index is 0.164. The first-order valence-corrected chi connectivity index (χ1v) is 8.98. The molecule has 0 aromatic heterocycles. The topological polar surface area (TPSA) is 125 Å². The van der Waals surface area contributed by atoms with Gasteiger partial charge in [0.05, 0.1) is 19.5 Å². The summed E-state index contributed by atoms with van der Waals surface area (Å²) in [6, 6.07) is 6.35. The SMILES string of the molecule is COc1ccc(NS(=O)(=O)CCNC(=O)[C@H](O)C(C)(C)CO)cc1. The Balaban J connectivity index is 2.52. The van der Waals surface area contributed by atoms with Gasteiger partial charge in [0.2, 0.25) is 15.9 Å². The largest absolute Gasteiger partial charge is 0.497 e. The molecular weight excluding hydrogens is 336 g/mol. The second-order valence-electron chi connectivity index (χ2n) is 5.99. The Labute approximate surface area is 141 Å². The molecule has 0 aliphatic heterocycles. The van der Waals surface area contributed by atoms with Gasteiger partial charge in [0.1, 0.15) is 11.9 Å². The number of hydrogen-bond donors (Lipinski definition) is 4. The summed E-state index contributed by atoms with van der Waals surface area (Å²) in [7, 11) is -2.14. The molecule has 0 saturated carbocycles. The molecule has 0 radical (unpaired) electrons. The van der Waals surface area contributed by atoms with Crippen molar-refractivity contribution < 1.29 is 28.2 Å². The van der Waals surface area contributed by atoms with Crippen molar-refractivity contribution in [2.75, 3.05) is 30.7 Å². The van der Waals surface area contributed by atoms with Crippen molar-refractivity contribution in [3.8, 4) is 5.75 Å². The second-order valence-corrected chi connectivity index (χ2v) is 7.83. The fourth-order valence-electron chi connectivity index (χ4n) is 1.74. The Hall–Kier alpha value is -1.84. The summed E-state index contributed by atoms with van der Waals surface area (Å²) in [5, 5.41) is 21.3. The molecule has 1 amide bonds. The van der Waals surface area contributed by atoms with Crippen LogP contribution in [-0.4, -0.2) is 56.7 Å². The van der Waals surface area contributed by atoms with Crippen LogP contribution in [-0.2, 0) is 14.8 Å². The van der Waals surface area contributed by atoms with Gasteiger partial charge in [-0.25, -0.2) is 8.42 Å². The molecule has 0 aliphatic carbocycles. The highest BCUT2D eigenvalue weighted by Gasteiger charge is 2.32. The van der Waals surface area contributed by atoms with Crippen molar-refractivity contribution in [3.05, 3.63) is 24.3 Å². The smallest absolute Gasteiger partial charge is 0.249 e. The summed E-state index contributed by atoms with van der Waals surface area (Å²) in [5.41, 5.74) is -0.631. The predicted octanol–water partition coefficient (Wildman–Crippen LogP) is -0.0675. The molecule has 0 saturated heterocycles. The van der Waals surface area contributed by atoms with Crippen LogP contribution in [0, 0.1) is 5.41 Å². The summed E-state index contributed by atoms with van der Waals surface area (Å²) >= 11 is 0. The quantitative estimate of drug-likeness (QED) is 0.489. The van der Waals surface area contributed by atoms with E-state index in [0.717, 1.165) is 0 Å². The molecule has 0 bridgehead atoms. The maximum Gasteiger partial charge on any atom is 0.249 e. The number of nitrogens with one attached hydrogen (secondary N) is 2. The highest BCUT2D eigenvalue weighted by molar-refractivity contribution is 7.92. The van der Waals surface area contributed by atoms with Gasteiger partial charge in [-0.3, -0.25) is 9.52 Å². The van der Waals surface area contributed by atoms with E-state index in [4.69, 9.17) is 9.84 Å². The summed E-state index contributed by atoms with van der Waals surface area (Å²) in [6.07, 6.45) is -1.43. The van der Waals surface area contributed by atoms with E-state index < -0.39 is 27.4 Å². The molecule has 1 aromatic carbocycles. The number of rotatable bonds is 9. The summed E-state index contributed by atoms with van der Waals surface area (Å²) in [4.78, 5) is 11.8. The van der Waals surface area contributed by atoms with Crippen LogP contribution in [0.15, 0.2) is 24.3 Å². The molecule has 4 N–H and O–H groups in total. The van der Waals surface area contributed by atoms with Crippen LogP contribution in [0.1, 0.15) is 13.8 Å². The Morgan fingerprint density at radius 3 is 2.38 bits per heavy atom. The average molecular weight is 360 g/mol. The van der Waals surface area contributed by atoms with E-state index in [1.54, 1.807) is 24.3 Å². The van der Waals surface area contributed by atoms with Crippen LogP contribution < -0.4 is 14.8 Å². The van der Waals surface area contributed by atoms with E-state index >= 15 is 0 Å². The maximum atomic E-state index is 12.0. The third kappa shape index (κ3) is 5.99. The van der Waals surface area contributed by atoms with Crippen molar-refractivity contribution in [2.45, 2.75) is 20.0 Å². The van der Waals surface area contributed by atoms with E-state index in [9.17, 15) is 18.3 Å². The second kappa shape index (κ2) is 8.32. The molecular formula is C15H24N2O6S. The molecule has 1 rings (SSSR count). The van der Waals surface area contributed by atoms with Gasteiger partial charge in [0, 0.05) is 17.6 Å². The van der Waals surface area contributed by atoms with Gasteiger partial charge in [-0.15, -0.1) is 0 Å². The first kappa shape index (κ1) is 20.2. The van der Waals surface area contributed by atoms with E-state index in [1.807, 2.05) is 0 Å². The lowest BCUT2D eigenvalue weighted by atomic mass is 9.87. The van der Waals surface area contributed by atoms with Gasteiger partial charge in [-0.2, -0.15) is 0 Å². The van der Waals surface area contributed by atoms with Crippen LogP contribution in [0.4, 0.5) is 5.69 Å². The molecule has 0 fully saturated rings. The van der Waals surface area contributed by atoms with E-state index in [0.29, 0.717) is 11.4 Å². The van der Waals surface area contributed by atoms with Gasteiger partial charge in [0.15, 0.2) is 0 Å². The number of hydrogen-bond acceptors (Lipinski definition) is 6. The molecule has 8 nitrogen and oxygen atoms in total. The van der Waals surface area contributed by atoms with Crippen molar-refractivity contribution in [1.29, 1.82) is 0 Å². The number of ether oxygens (including phenoxy) is 1. The van der Waals surface area contributed by atoms with Crippen LogP contribution in [0.5, 0.6) is 5.75 Å². The van der Waals surface area contributed by atoms with Crippen LogP contribution >= 0.6 is 0 Å². The summed E-state index contributed by atoms with van der Waals surface area (Å²) < 4.78 is 31.3. The minimum Gasteiger partial charge on any atom is -0.497 e. The zero-order chi connectivity index (χ0) is 18.4. The molecule has 1 aromatic rings. The fraction of sp³-hybridized carbons (Fsp3) is 0.533. The number of amides is 1. The number of aliphatic hydroxyl groups is 2. The zero-order valence-corrected chi connectivity index (χ0v) is 14.8. The lowest BCUT2D eigenvalue weighted by molar-refractivity contribution is -0.136. The lowest BCUT2D eigenvalue weighted by Gasteiger charge is -2.27. The minimum atomic E-state index is -3.65. The molecule has 0 spiro atoms. The fourth-order valence-corrected chi connectivity index (χ4v) is 2.70. The molecule has 0 heterocycles. The monoisotopic (exact) mass is 360 g/mol. The lowest BCUT2D eigenvalue weighted by Crippen LogP contribution is -2.46. The Morgan fingerprint density at radius 2 is 1.88 bits per heavy atom. The number of carbonyl (C=O) groups excluding carboxylic acids is 1. The first-order valence-electron chi connectivity index (χ1n) is 7.32. The number of carbonyl (C=O) groups is 1. The van der Waals surface area contributed by atoms with E-state index in [2.05, 4.69) is 10.0 Å². The number of aliphatic hydroxyl groups excluding tert-OH is 2. The molecule has 0 aliphatic rings. The van der Waals surface area contributed by atoms with Crippen molar-refractivity contribution in [3.63, 3.8) is 0 Å². The molecule has 9 heteroatoms. The van der Waals surface area contributed by atoms with Crippen LogP contribution in [0.3, 0.4) is 0 Å². The average Bonchev–Trinajstić information content (AvgIpc) is 2.54. The molecule has 0 unspecified atom stereocenters. The van der Waals surface area contributed by atoms with Crippen LogP contribution in [0.25, 0.3) is 0 Å². The van der Waals surface area contributed by atoms with Gasteiger partial charge in [-0.05, 0) is 24.3 Å². The number of benzene rings is 1. The standard InChI is InChI=1S/C15H24N2O6S/c1-15(2,10-18)13(19)14(20)16-8-9-24(21,22)17-11-4-6-12(23-3)7-5-11/h4-7,13,17-19H,8-10H2,1-3H3,(H,16,20)/t13-/m0/s1. The zero-order valence-electron chi connectivity index (χ0n) is 13.9. The highest BCUT2D eigenvalue weighted by Crippen LogP contribution is 2.19. The van der Waals surface area contributed by atoms with Crippen molar-refractivity contribution >= 4 is 21.6 Å². The first-order chi connectivity index (χ1) is 11.1. The third-order valence-corrected chi connectivity index (χ3v) is 4.72. The summed E-state index contributed by atoms with van der Waals surface area (Å²) in [6.45, 7) is 2.51. The van der Waals surface area contributed by atoms with Gasteiger partial charge in [-0.1, -0.05) is 13.8 Å². The number of anilines is 1. The number of sulfonamides is 1. The highest BCUT2D eigenvalue weighted by atomic mass is 32.2. The normalized spacial score (nSPS) is 13.2.